The van der Waals surface area contributed by atoms with Crippen LogP contribution in [0.25, 0.3) is 0 Å². The van der Waals surface area contributed by atoms with Crippen LogP contribution in [0.3, 0.4) is 0 Å². The Morgan fingerprint density at radius 3 is 2.54 bits per heavy atom. The molecular formula is C19H28N4O3. The summed E-state index contributed by atoms with van der Waals surface area (Å²) in [5, 5.41) is 2.97. The molecule has 7 nitrogen and oxygen atoms in total. The molecule has 0 spiro atoms. The molecule has 2 unspecified atom stereocenters. The first kappa shape index (κ1) is 18.7. The predicted octanol–water partition coefficient (Wildman–Crippen LogP) is 1.05. The Kier molecular flexibility index (Phi) is 6.11. The third-order valence-corrected chi connectivity index (χ3v) is 5.29. The van der Waals surface area contributed by atoms with Crippen LogP contribution in [-0.4, -0.2) is 62.1 Å². The lowest BCUT2D eigenvalue weighted by Gasteiger charge is -2.34. The summed E-state index contributed by atoms with van der Waals surface area (Å²) >= 11 is 0. The van der Waals surface area contributed by atoms with Gasteiger partial charge in [-0.2, -0.15) is 0 Å². The standard InChI is InChI=1S/C19H28N4O3/c1-14(23-8-2-3-15(13-23)18(20)24)19(25)21-16-4-6-17(7-5-16)22-9-11-26-12-10-22/h4-7,14-15H,2-3,8-13H2,1H3,(H2,20,24)(H,21,25). The fourth-order valence-corrected chi connectivity index (χ4v) is 3.58. The maximum atomic E-state index is 12.6. The number of nitrogens with two attached hydrogens (primary N) is 1. The van der Waals surface area contributed by atoms with Gasteiger partial charge < -0.3 is 20.7 Å². The number of amides is 2. The number of primary amides is 1. The monoisotopic (exact) mass is 360 g/mol. The van der Waals surface area contributed by atoms with Crippen LogP contribution < -0.4 is 16.0 Å². The van der Waals surface area contributed by atoms with Gasteiger partial charge in [0.05, 0.1) is 25.2 Å². The molecule has 0 bridgehead atoms. The number of morpholine rings is 1. The van der Waals surface area contributed by atoms with Gasteiger partial charge in [-0.05, 0) is 50.6 Å². The van der Waals surface area contributed by atoms with Crippen molar-refractivity contribution >= 4 is 23.2 Å². The van der Waals surface area contributed by atoms with E-state index in [-0.39, 0.29) is 23.8 Å². The molecule has 2 amide bonds. The Morgan fingerprint density at radius 2 is 1.88 bits per heavy atom. The van der Waals surface area contributed by atoms with E-state index < -0.39 is 0 Å². The van der Waals surface area contributed by atoms with Crippen LogP contribution in [0.2, 0.25) is 0 Å². The summed E-state index contributed by atoms with van der Waals surface area (Å²) < 4.78 is 5.37. The molecule has 0 aromatic heterocycles. The molecule has 0 aliphatic carbocycles. The number of anilines is 2. The number of benzene rings is 1. The van der Waals surface area contributed by atoms with E-state index in [0.29, 0.717) is 6.54 Å². The summed E-state index contributed by atoms with van der Waals surface area (Å²) in [6.07, 6.45) is 1.70. The number of hydrogen-bond donors (Lipinski definition) is 2. The second-order valence-electron chi connectivity index (χ2n) is 7.05. The van der Waals surface area contributed by atoms with Crippen molar-refractivity contribution in [3.63, 3.8) is 0 Å². The number of likely N-dealkylation sites (tertiary alicyclic amines) is 1. The summed E-state index contributed by atoms with van der Waals surface area (Å²) in [7, 11) is 0. The van der Waals surface area contributed by atoms with Crippen LogP contribution >= 0.6 is 0 Å². The Labute approximate surface area is 154 Å². The molecule has 7 heteroatoms. The van der Waals surface area contributed by atoms with Gasteiger partial charge in [-0.1, -0.05) is 0 Å². The SMILES string of the molecule is CC(C(=O)Nc1ccc(N2CCOCC2)cc1)N1CCCC(C(N)=O)C1. The quantitative estimate of drug-likeness (QED) is 0.819. The zero-order valence-electron chi connectivity index (χ0n) is 15.3. The van der Waals surface area contributed by atoms with Gasteiger partial charge in [0, 0.05) is 31.0 Å². The van der Waals surface area contributed by atoms with E-state index in [1.165, 1.54) is 0 Å². The lowest BCUT2D eigenvalue weighted by Crippen LogP contribution is -2.49. The molecule has 2 heterocycles. The largest absolute Gasteiger partial charge is 0.378 e. The second-order valence-corrected chi connectivity index (χ2v) is 7.05. The van der Waals surface area contributed by atoms with Gasteiger partial charge in [0.1, 0.15) is 0 Å². The van der Waals surface area contributed by atoms with E-state index in [0.717, 1.165) is 57.1 Å². The lowest BCUT2D eigenvalue weighted by molar-refractivity contribution is -0.127. The highest BCUT2D eigenvalue weighted by Crippen LogP contribution is 2.21. The third-order valence-electron chi connectivity index (χ3n) is 5.29. The molecule has 2 fully saturated rings. The van der Waals surface area contributed by atoms with Crippen molar-refractivity contribution in [2.45, 2.75) is 25.8 Å². The van der Waals surface area contributed by atoms with E-state index in [1.54, 1.807) is 0 Å². The van der Waals surface area contributed by atoms with E-state index in [1.807, 2.05) is 36.1 Å². The van der Waals surface area contributed by atoms with Gasteiger partial charge in [-0.3, -0.25) is 14.5 Å². The Balaban J connectivity index is 1.56. The van der Waals surface area contributed by atoms with Crippen LogP contribution in [0, 0.1) is 5.92 Å². The minimum absolute atomic E-state index is 0.0609. The summed E-state index contributed by atoms with van der Waals surface area (Å²) in [4.78, 5) is 28.3. The minimum atomic E-state index is -0.295. The van der Waals surface area contributed by atoms with Crippen LogP contribution in [-0.2, 0) is 14.3 Å². The maximum absolute atomic E-state index is 12.6. The maximum Gasteiger partial charge on any atom is 0.241 e. The highest BCUT2D eigenvalue weighted by Gasteiger charge is 2.29. The number of ether oxygens (including phenoxy) is 1. The topological polar surface area (TPSA) is 87.9 Å². The number of carbonyl (C=O) groups is 2. The molecule has 142 valence electrons. The lowest BCUT2D eigenvalue weighted by atomic mass is 9.96. The van der Waals surface area contributed by atoms with Crippen molar-refractivity contribution < 1.29 is 14.3 Å². The summed E-state index contributed by atoms with van der Waals surface area (Å²) in [6.45, 7) is 6.52. The van der Waals surface area contributed by atoms with Crippen molar-refractivity contribution in [1.82, 2.24) is 4.90 Å². The van der Waals surface area contributed by atoms with Crippen molar-refractivity contribution in [2.75, 3.05) is 49.6 Å². The smallest absolute Gasteiger partial charge is 0.241 e. The third kappa shape index (κ3) is 4.53. The van der Waals surface area contributed by atoms with Crippen LogP contribution in [0.15, 0.2) is 24.3 Å². The fraction of sp³-hybridized carbons (Fsp3) is 0.579. The number of hydrogen-bond acceptors (Lipinski definition) is 5. The molecule has 3 N–H and O–H groups in total. The Morgan fingerprint density at radius 1 is 1.19 bits per heavy atom. The molecule has 3 rings (SSSR count). The van der Waals surface area contributed by atoms with Crippen LogP contribution in [0.4, 0.5) is 11.4 Å². The second kappa shape index (κ2) is 8.51. The molecule has 2 atom stereocenters. The summed E-state index contributed by atoms with van der Waals surface area (Å²) in [6, 6.07) is 7.61. The van der Waals surface area contributed by atoms with Gasteiger partial charge in [0.25, 0.3) is 0 Å². The Hall–Kier alpha value is -2.12. The first-order chi connectivity index (χ1) is 12.5. The molecule has 26 heavy (non-hydrogen) atoms. The first-order valence-electron chi connectivity index (χ1n) is 9.31. The zero-order valence-corrected chi connectivity index (χ0v) is 15.3. The molecule has 0 radical (unpaired) electrons. The van der Waals surface area contributed by atoms with Gasteiger partial charge in [0.15, 0.2) is 0 Å². The molecule has 1 aromatic carbocycles. The number of piperidine rings is 1. The number of nitrogens with zero attached hydrogens (tertiary/aromatic N) is 2. The van der Waals surface area contributed by atoms with E-state index in [4.69, 9.17) is 10.5 Å². The van der Waals surface area contributed by atoms with Crippen molar-refractivity contribution in [3.05, 3.63) is 24.3 Å². The van der Waals surface area contributed by atoms with E-state index >= 15 is 0 Å². The summed E-state index contributed by atoms with van der Waals surface area (Å²) in [5.41, 5.74) is 7.35. The van der Waals surface area contributed by atoms with Gasteiger partial charge in [0.2, 0.25) is 11.8 Å². The Bertz CT molecular complexity index is 628. The number of nitrogens with one attached hydrogen (secondary N) is 1. The predicted molar refractivity (Wildman–Crippen MR) is 101 cm³/mol. The van der Waals surface area contributed by atoms with E-state index in [9.17, 15) is 9.59 Å². The number of rotatable bonds is 5. The van der Waals surface area contributed by atoms with Gasteiger partial charge >= 0.3 is 0 Å². The normalized spacial score (nSPS) is 22.7. The first-order valence-corrected chi connectivity index (χ1v) is 9.31. The zero-order chi connectivity index (χ0) is 18.5. The molecular weight excluding hydrogens is 332 g/mol. The van der Waals surface area contributed by atoms with Crippen molar-refractivity contribution in [2.24, 2.45) is 11.7 Å². The molecule has 2 aliphatic rings. The average molecular weight is 360 g/mol. The molecule has 2 aliphatic heterocycles. The van der Waals surface area contributed by atoms with Gasteiger partial charge in [-0.15, -0.1) is 0 Å². The van der Waals surface area contributed by atoms with E-state index in [2.05, 4.69) is 10.2 Å². The minimum Gasteiger partial charge on any atom is -0.378 e. The summed E-state index contributed by atoms with van der Waals surface area (Å²) in [5.74, 6) is -0.498. The average Bonchev–Trinajstić information content (AvgIpc) is 2.68. The van der Waals surface area contributed by atoms with Gasteiger partial charge in [-0.25, -0.2) is 0 Å². The highest BCUT2D eigenvalue weighted by molar-refractivity contribution is 5.94. The van der Waals surface area contributed by atoms with Crippen molar-refractivity contribution in [3.8, 4) is 0 Å². The van der Waals surface area contributed by atoms with Crippen molar-refractivity contribution in [1.29, 1.82) is 0 Å². The molecule has 0 saturated carbocycles. The number of carbonyl (C=O) groups excluding carboxylic acids is 2. The molecule has 2 saturated heterocycles. The fourth-order valence-electron chi connectivity index (χ4n) is 3.58. The molecule has 1 aromatic rings. The van der Waals surface area contributed by atoms with Crippen LogP contribution in [0.1, 0.15) is 19.8 Å². The highest BCUT2D eigenvalue weighted by atomic mass is 16.5. The van der Waals surface area contributed by atoms with Crippen LogP contribution in [0.5, 0.6) is 0 Å².